The van der Waals surface area contributed by atoms with Crippen LogP contribution in [0.25, 0.3) is 0 Å². The fraction of sp³-hybridized carbons (Fsp3) is 0.286. The molecule has 0 saturated heterocycles. The maximum atomic E-state index is 12.6. The Morgan fingerprint density at radius 1 is 1.10 bits per heavy atom. The summed E-state index contributed by atoms with van der Waals surface area (Å²) >= 11 is 2.80. The van der Waals surface area contributed by atoms with Crippen molar-refractivity contribution in [2.75, 3.05) is 23.8 Å². The minimum absolute atomic E-state index is 0.115. The van der Waals surface area contributed by atoms with E-state index in [-0.39, 0.29) is 11.2 Å². The number of fused-ring (bicyclic) bond motifs is 1. The van der Waals surface area contributed by atoms with E-state index in [9.17, 15) is 4.79 Å². The predicted octanol–water partition coefficient (Wildman–Crippen LogP) is 4.79. The molecule has 0 bridgehead atoms. The highest BCUT2D eigenvalue weighted by atomic mass is 32.2. The van der Waals surface area contributed by atoms with E-state index < -0.39 is 0 Å². The normalized spacial score (nSPS) is 13.6. The molecule has 0 radical (unpaired) electrons. The molecule has 30 heavy (non-hydrogen) atoms. The number of nitrogens with one attached hydrogen (secondary N) is 2. The zero-order valence-electron chi connectivity index (χ0n) is 16.9. The number of aryl methyl sites for hydroxylation is 2. The minimum atomic E-state index is -0.333. The minimum Gasteiger partial charge on any atom is -0.486 e. The van der Waals surface area contributed by atoms with Gasteiger partial charge in [0.15, 0.2) is 15.8 Å². The molecule has 1 unspecified atom stereocenters. The number of hydrogen-bond donors (Lipinski definition) is 2. The van der Waals surface area contributed by atoms with Gasteiger partial charge in [0.1, 0.15) is 13.2 Å². The van der Waals surface area contributed by atoms with Crippen LogP contribution in [0.15, 0.2) is 40.7 Å². The molecule has 2 heterocycles. The Bertz CT molecular complexity index is 1070. The third-order valence-corrected chi connectivity index (χ3v) is 6.51. The highest BCUT2D eigenvalue weighted by Crippen LogP contribution is 2.34. The smallest absolute Gasteiger partial charge is 0.237 e. The molecule has 7 nitrogen and oxygen atoms in total. The lowest BCUT2D eigenvalue weighted by Crippen LogP contribution is -2.22. The average molecular weight is 443 g/mol. The zero-order chi connectivity index (χ0) is 21.1. The number of benzene rings is 2. The van der Waals surface area contributed by atoms with E-state index in [2.05, 4.69) is 46.8 Å². The summed E-state index contributed by atoms with van der Waals surface area (Å²) in [7, 11) is 0. The molecule has 0 aliphatic carbocycles. The Kier molecular flexibility index (Phi) is 6.10. The van der Waals surface area contributed by atoms with Gasteiger partial charge in [-0.15, -0.1) is 10.2 Å². The predicted molar refractivity (Wildman–Crippen MR) is 120 cm³/mol. The Labute approximate surface area is 183 Å². The van der Waals surface area contributed by atoms with Crippen molar-refractivity contribution in [1.82, 2.24) is 10.2 Å². The summed E-state index contributed by atoms with van der Waals surface area (Å²) in [6.07, 6.45) is 0. The molecular weight excluding hydrogens is 420 g/mol. The first kappa shape index (κ1) is 20.5. The third kappa shape index (κ3) is 4.85. The Balaban J connectivity index is 1.35. The lowest BCUT2D eigenvalue weighted by Gasteiger charge is -2.19. The van der Waals surface area contributed by atoms with Crippen molar-refractivity contribution in [2.24, 2.45) is 0 Å². The molecule has 0 spiro atoms. The van der Waals surface area contributed by atoms with Crippen LogP contribution < -0.4 is 20.1 Å². The van der Waals surface area contributed by atoms with Crippen LogP contribution in [-0.4, -0.2) is 34.6 Å². The quantitative estimate of drug-likeness (QED) is 0.531. The molecule has 0 saturated carbocycles. The molecule has 4 rings (SSSR count). The van der Waals surface area contributed by atoms with E-state index in [1.807, 2.05) is 13.0 Å². The standard InChI is InChI=1S/C21H22N4O3S2/c1-12-4-6-16(13(2)10-12)23-20-24-25-21(30-20)29-14(3)19(26)22-15-5-7-17-18(11-15)28-9-8-27-17/h4-7,10-11,14H,8-9H2,1-3H3,(H,22,26)(H,23,24). The second kappa shape index (κ2) is 8.93. The van der Waals surface area contributed by atoms with Crippen molar-refractivity contribution in [3.63, 3.8) is 0 Å². The summed E-state index contributed by atoms with van der Waals surface area (Å²) in [5.41, 5.74) is 4.03. The molecule has 0 fully saturated rings. The Morgan fingerprint density at radius 3 is 2.70 bits per heavy atom. The summed E-state index contributed by atoms with van der Waals surface area (Å²) in [5.74, 6) is 1.22. The number of amides is 1. The number of carbonyl (C=O) groups is 1. The molecule has 9 heteroatoms. The fourth-order valence-corrected chi connectivity index (χ4v) is 4.86. The van der Waals surface area contributed by atoms with Gasteiger partial charge in [-0.05, 0) is 44.5 Å². The maximum Gasteiger partial charge on any atom is 0.237 e. The highest BCUT2D eigenvalue weighted by molar-refractivity contribution is 8.02. The molecule has 2 N–H and O–H groups in total. The van der Waals surface area contributed by atoms with Crippen molar-refractivity contribution < 1.29 is 14.3 Å². The molecule has 1 aliphatic heterocycles. The zero-order valence-corrected chi connectivity index (χ0v) is 18.5. The molecule has 3 aromatic rings. The van der Waals surface area contributed by atoms with Crippen LogP contribution in [0.4, 0.5) is 16.5 Å². The van der Waals surface area contributed by atoms with Gasteiger partial charge >= 0.3 is 0 Å². The lowest BCUT2D eigenvalue weighted by atomic mass is 10.1. The summed E-state index contributed by atoms with van der Waals surface area (Å²) in [4.78, 5) is 12.6. The van der Waals surface area contributed by atoms with Crippen LogP contribution >= 0.6 is 23.1 Å². The topological polar surface area (TPSA) is 85.4 Å². The number of nitrogens with zero attached hydrogens (tertiary/aromatic N) is 2. The monoisotopic (exact) mass is 442 g/mol. The number of ether oxygens (including phenoxy) is 2. The van der Waals surface area contributed by atoms with Crippen LogP contribution in [-0.2, 0) is 4.79 Å². The second-order valence-electron chi connectivity index (χ2n) is 6.92. The Hall–Kier alpha value is -2.78. The SMILES string of the molecule is Cc1ccc(Nc2nnc(SC(C)C(=O)Nc3ccc4c(c3)OCCO4)s2)c(C)c1. The molecule has 1 amide bonds. The van der Waals surface area contributed by atoms with Crippen molar-refractivity contribution in [3.8, 4) is 11.5 Å². The molecule has 2 aromatic carbocycles. The third-order valence-electron chi connectivity index (χ3n) is 4.49. The number of rotatable bonds is 6. The summed E-state index contributed by atoms with van der Waals surface area (Å²) in [6, 6.07) is 11.6. The largest absolute Gasteiger partial charge is 0.486 e. The fourth-order valence-electron chi connectivity index (χ4n) is 2.95. The van der Waals surface area contributed by atoms with Gasteiger partial charge in [0.25, 0.3) is 0 Å². The number of carbonyl (C=O) groups excluding carboxylic acids is 1. The van der Waals surface area contributed by atoms with Crippen LogP contribution in [0.1, 0.15) is 18.1 Å². The number of aromatic nitrogens is 2. The summed E-state index contributed by atoms with van der Waals surface area (Å²) in [5, 5.41) is 15.0. The van der Waals surface area contributed by atoms with Gasteiger partial charge in [0.05, 0.1) is 5.25 Å². The first-order valence-electron chi connectivity index (χ1n) is 9.53. The van der Waals surface area contributed by atoms with E-state index in [4.69, 9.17) is 9.47 Å². The molecule has 1 atom stereocenters. The molecule has 156 valence electrons. The van der Waals surface area contributed by atoms with Crippen LogP contribution in [0.2, 0.25) is 0 Å². The second-order valence-corrected chi connectivity index (χ2v) is 9.49. The van der Waals surface area contributed by atoms with Gasteiger partial charge in [-0.3, -0.25) is 4.79 Å². The van der Waals surface area contributed by atoms with Crippen molar-refractivity contribution in [2.45, 2.75) is 30.4 Å². The van der Waals surface area contributed by atoms with Gasteiger partial charge in [0, 0.05) is 17.4 Å². The van der Waals surface area contributed by atoms with E-state index in [1.165, 1.54) is 28.7 Å². The van der Waals surface area contributed by atoms with Gasteiger partial charge in [0.2, 0.25) is 11.0 Å². The van der Waals surface area contributed by atoms with Gasteiger partial charge in [-0.1, -0.05) is 40.8 Å². The van der Waals surface area contributed by atoms with Gasteiger partial charge in [-0.25, -0.2) is 0 Å². The summed E-state index contributed by atoms with van der Waals surface area (Å²) in [6.45, 7) is 7.00. The van der Waals surface area contributed by atoms with Gasteiger partial charge in [-0.2, -0.15) is 0 Å². The molecule has 1 aliphatic rings. The molecule has 1 aromatic heterocycles. The molecular formula is C21H22N4O3S2. The van der Waals surface area contributed by atoms with Gasteiger partial charge < -0.3 is 20.1 Å². The van der Waals surface area contributed by atoms with Crippen LogP contribution in [0.3, 0.4) is 0 Å². The Morgan fingerprint density at radius 2 is 1.90 bits per heavy atom. The van der Waals surface area contributed by atoms with Crippen molar-refractivity contribution >= 4 is 45.5 Å². The van der Waals surface area contributed by atoms with Crippen molar-refractivity contribution in [3.05, 3.63) is 47.5 Å². The first-order valence-corrected chi connectivity index (χ1v) is 11.2. The van der Waals surface area contributed by atoms with E-state index >= 15 is 0 Å². The number of anilines is 3. The highest BCUT2D eigenvalue weighted by Gasteiger charge is 2.19. The maximum absolute atomic E-state index is 12.6. The van der Waals surface area contributed by atoms with Crippen LogP contribution in [0, 0.1) is 13.8 Å². The van der Waals surface area contributed by atoms with E-state index in [0.717, 1.165) is 15.6 Å². The van der Waals surface area contributed by atoms with Crippen molar-refractivity contribution in [1.29, 1.82) is 0 Å². The van der Waals surface area contributed by atoms with Crippen LogP contribution in [0.5, 0.6) is 11.5 Å². The van der Waals surface area contributed by atoms with E-state index in [1.54, 1.807) is 18.2 Å². The number of hydrogen-bond acceptors (Lipinski definition) is 8. The average Bonchev–Trinajstić information content (AvgIpc) is 3.17. The number of thioether (sulfide) groups is 1. The summed E-state index contributed by atoms with van der Waals surface area (Å²) < 4.78 is 11.8. The van der Waals surface area contributed by atoms with E-state index in [0.29, 0.717) is 35.5 Å². The first-order chi connectivity index (χ1) is 14.5. The lowest BCUT2D eigenvalue weighted by molar-refractivity contribution is -0.115.